The highest BCUT2D eigenvalue weighted by Crippen LogP contribution is 1.99. The van der Waals surface area contributed by atoms with Crippen molar-refractivity contribution < 1.29 is 9.53 Å². The molecule has 0 saturated carbocycles. The van der Waals surface area contributed by atoms with Crippen LogP contribution in [0.1, 0.15) is 23.4 Å². The number of carbonyl (C=O) groups is 1. The van der Waals surface area contributed by atoms with Gasteiger partial charge in [-0.15, -0.1) is 0 Å². The molecule has 0 amide bonds. The highest BCUT2D eigenvalue weighted by atomic mass is 16.5. The smallest absolute Gasteiger partial charge is 0.376 e. The van der Waals surface area contributed by atoms with E-state index in [0.717, 1.165) is 0 Å². The molecule has 1 heterocycles. The molecule has 0 N–H and O–H groups in total. The molecule has 0 aliphatic heterocycles. The lowest BCUT2D eigenvalue weighted by Crippen LogP contribution is -2.11. The molecule has 0 unspecified atom stereocenters. The van der Waals surface area contributed by atoms with Crippen molar-refractivity contribution in [1.82, 2.24) is 14.8 Å². The first-order chi connectivity index (χ1) is 6.69. The van der Waals surface area contributed by atoms with Gasteiger partial charge in [0.2, 0.25) is 5.82 Å². The molecule has 0 fully saturated rings. The van der Waals surface area contributed by atoms with Gasteiger partial charge < -0.3 is 4.74 Å². The summed E-state index contributed by atoms with van der Waals surface area (Å²) in [6.07, 6.45) is 0.0905. The van der Waals surface area contributed by atoms with Crippen LogP contribution in [-0.4, -0.2) is 27.3 Å². The molecule has 0 bridgehead atoms. The van der Waals surface area contributed by atoms with E-state index < -0.39 is 5.97 Å². The van der Waals surface area contributed by atoms with Crippen LogP contribution >= 0.6 is 0 Å². The Bertz CT molecular complexity index is 377. The van der Waals surface area contributed by atoms with Crippen LogP contribution in [0.2, 0.25) is 0 Å². The lowest BCUT2D eigenvalue weighted by atomic mass is 10.4. The summed E-state index contributed by atoms with van der Waals surface area (Å²) < 4.78 is 6.07. The maximum Gasteiger partial charge on any atom is 0.376 e. The van der Waals surface area contributed by atoms with Crippen molar-refractivity contribution in [2.45, 2.75) is 13.3 Å². The zero-order valence-corrected chi connectivity index (χ0v) is 8.02. The standard InChI is InChI=1S/C8H10N4O2/c1-3-14-8(13)7-10-6(4-5-9)11-12(7)2/h3-4H2,1-2H3. The summed E-state index contributed by atoms with van der Waals surface area (Å²) in [5.74, 6) is -0.0677. The predicted molar refractivity (Wildman–Crippen MR) is 46.3 cm³/mol. The second-order valence-electron chi connectivity index (χ2n) is 2.53. The second-order valence-corrected chi connectivity index (χ2v) is 2.53. The lowest BCUT2D eigenvalue weighted by Gasteiger charge is -1.98. The number of aryl methyl sites for hydroxylation is 1. The number of ether oxygens (including phenoxy) is 1. The van der Waals surface area contributed by atoms with Gasteiger partial charge in [-0.05, 0) is 6.92 Å². The second kappa shape index (κ2) is 4.37. The van der Waals surface area contributed by atoms with Crippen LogP contribution in [0.5, 0.6) is 0 Å². The lowest BCUT2D eigenvalue weighted by molar-refractivity contribution is 0.0506. The van der Waals surface area contributed by atoms with E-state index >= 15 is 0 Å². The first-order valence-corrected chi connectivity index (χ1v) is 4.13. The average molecular weight is 194 g/mol. The SMILES string of the molecule is CCOC(=O)c1nc(CC#N)nn1C. The summed E-state index contributed by atoms with van der Waals surface area (Å²) >= 11 is 0. The maximum absolute atomic E-state index is 11.3. The molecule has 0 radical (unpaired) electrons. The van der Waals surface area contributed by atoms with Crippen molar-refractivity contribution in [2.75, 3.05) is 6.61 Å². The van der Waals surface area contributed by atoms with Gasteiger partial charge in [-0.3, -0.25) is 0 Å². The predicted octanol–water partition coefficient (Wildman–Crippen LogP) is 0.0579. The molecule has 0 atom stereocenters. The molecule has 1 aromatic rings. The van der Waals surface area contributed by atoms with Crippen LogP contribution in [0.3, 0.4) is 0 Å². The minimum atomic E-state index is -0.522. The van der Waals surface area contributed by atoms with Gasteiger partial charge in [0.1, 0.15) is 0 Å². The molecular weight excluding hydrogens is 184 g/mol. The number of rotatable bonds is 3. The topological polar surface area (TPSA) is 80.8 Å². The minimum Gasteiger partial charge on any atom is -0.460 e. The largest absolute Gasteiger partial charge is 0.460 e. The normalized spacial score (nSPS) is 9.50. The van der Waals surface area contributed by atoms with Gasteiger partial charge >= 0.3 is 5.97 Å². The average Bonchev–Trinajstić information content (AvgIpc) is 2.48. The van der Waals surface area contributed by atoms with Crippen molar-refractivity contribution >= 4 is 5.97 Å². The van der Waals surface area contributed by atoms with Crippen LogP contribution in [0.25, 0.3) is 0 Å². The van der Waals surface area contributed by atoms with Gasteiger partial charge in [-0.25, -0.2) is 14.5 Å². The van der Waals surface area contributed by atoms with E-state index in [9.17, 15) is 4.79 Å². The molecule has 6 heteroatoms. The summed E-state index contributed by atoms with van der Waals surface area (Å²) in [5, 5.41) is 12.3. The summed E-state index contributed by atoms with van der Waals surface area (Å²) in [4.78, 5) is 15.1. The molecule has 0 aliphatic rings. The Morgan fingerprint density at radius 2 is 2.43 bits per heavy atom. The summed E-state index contributed by atoms with van der Waals surface area (Å²) in [6, 6.07) is 1.91. The van der Waals surface area contributed by atoms with Gasteiger partial charge in [0.15, 0.2) is 5.82 Å². The fourth-order valence-corrected chi connectivity index (χ4v) is 0.956. The Labute approximate surface area is 81.1 Å². The molecule has 0 aliphatic carbocycles. The zero-order chi connectivity index (χ0) is 10.6. The van der Waals surface area contributed by atoms with Crippen molar-refractivity contribution in [3.8, 4) is 6.07 Å². The van der Waals surface area contributed by atoms with Crippen LogP contribution in [0, 0.1) is 11.3 Å². The minimum absolute atomic E-state index is 0.0905. The molecule has 1 aromatic heterocycles. The van der Waals surface area contributed by atoms with Crippen molar-refractivity contribution in [3.63, 3.8) is 0 Å². The molecule has 6 nitrogen and oxygen atoms in total. The first kappa shape index (κ1) is 10.2. The Balaban J connectivity index is 2.88. The van der Waals surface area contributed by atoms with E-state index in [-0.39, 0.29) is 12.2 Å². The third-order valence-electron chi connectivity index (χ3n) is 1.50. The number of carbonyl (C=O) groups excluding carboxylic acids is 1. The number of nitriles is 1. The molecule has 0 spiro atoms. The summed E-state index contributed by atoms with van der Waals surface area (Å²) in [7, 11) is 1.58. The quantitative estimate of drug-likeness (QED) is 0.635. The van der Waals surface area contributed by atoms with Gasteiger partial charge in [0.05, 0.1) is 19.1 Å². The molecule has 0 aromatic carbocycles. The molecular formula is C8H10N4O2. The monoisotopic (exact) mass is 194 g/mol. The molecule has 74 valence electrons. The molecule has 1 rings (SSSR count). The van der Waals surface area contributed by atoms with Gasteiger partial charge in [0, 0.05) is 7.05 Å². The number of nitrogens with zero attached hydrogens (tertiary/aromatic N) is 4. The third-order valence-corrected chi connectivity index (χ3v) is 1.50. The Morgan fingerprint density at radius 1 is 1.71 bits per heavy atom. The molecule has 0 saturated heterocycles. The van der Waals surface area contributed by atoms with E-state index in [0.29, 0.717) is 12.4 Å². The fourth-order valence-electron chi connectivity index (χ4n) is 0.956. The highest BCUT2D eigenvalue weighted by molar-refractivity contribution is 5.85. The Morgan fingerprint density at radius 3 is 3.00 bits per heavy atom. The Hall–Kier alpha value is -1.90. The van der Waals surface area contributed by atoms with Crippen molar-refractivity contribution in [1.29, 1.82) is 5.26 Å². The van der Waals surface area contributed by atoms with Gasteiger partial charge in [-0.1, -0.05) is 0 Å². The van der Waals surface area contributed by atoms with E-state index in [4.69, 9.17) is 10.00 Å². The summed E-state index contributed by atoms with van der Waals surface area (Å²) in [6.45, 7) is 2.00. The van der Waals surface area contributed by atoms with Crippen molar-refractivity contribution in [3.05, 3.63) is 11.6 Å². The number of hydrogen-bond donors (Lipinski definition) is 0. The number of hydrogen-bond acceptors (Lipinski definition) is 5. The van der Waals surface area contributed by atoms with Crippen LogP contribution in [0.4, 0.5) is 0 Å². The van der Waals surface area contributed by atoms with Crippen LogP contribution in [0.15, 0.2) is 0 Å². The van der Waals surface area contributed by atoms with Crippen LogP contribution in [-0.2, 0) is 18.2 Å². The van der Waals surface area contributed by atoms with E-state index in [1.165, 1.54) is 4.68 Å². The van der Waals surface area contributed by atoms with Crippen LogP contribution < -0.4 is 0 Å². The first-order valence-electron chi connectivity index (χ1n) is 4.13. The van der Waals surface area contributed by atoms with Crippen molar-refractivity contribution in [2.24, 2.45) is 7.05 Å². The zero-order valence-electron chi connectivity index (χ0n) is 8.02. The van der Waals surface area contributed by atoms with Gasteiger partial charge in [-0.2, -0.15) is 10.4 Å². The van der Waals surface area contributed by atoms with E-state index in [1.54, 1.807) is 14.0 Å². The van der Waals surface area contributed by atoms with Gasteiger partial charge in [0.25, 0.3) is 0 Å². The molecule has 14 heavy (non-hydrogen) atoms. The van der Waals surface area contributed by atoms with E-state index in [2.05, 4.69) is 10.1 Å². The highest BCUT2D eigenvalue weighted by Gasteiger charge is 2.15. The number of aromatic nitrogens is 3. The third kappa shape index (κ3) is 2.07. The van der Waals surface area contributed by atoms with E-state index in [1.807, 2.05) is 6.07 Å². The fraction of sp³-hybridized carbons (Fsp3) is 0.500. The Kier molecular flexibility index (Phi) is 3.18. The summed E-state index contributed by atoms with van der Waals surface area (Å²) in [5.41, 5.74) is 0. The number of esters is 1. The maximum atomic E-state index is 11.3.